The zero-order chi connectivity index (χ0) is 19.2. The Morgan fingerprint density at radius 1 is 1.11 bits per heavy atom. The molecule has 0 aliphatic rings. The molecule has 3 aromatic rings. The fourth-order valence-electron chi connectivity index (χ4n) is 2.25. The highest BCUT2D eigenvalue weighted by molar-refractivity contribution is 5.93. The minimum atomic E-state index is -0.735. The van der Waals surface area contributed by atoms with Crippen molar-refractivity contribution in [3.8, 4) is 17.0 Å². The predicted octanol–water partition coefficient (Wildman–Crippen LogP) is 3.19. The van der Waals surface area contributed by atoms with Gasteiger partial charge in [-0.05, 0) is 36.4 Å². The van der Waals surface area contributed by atoms with Gasteiger partial charge < -0.3 is 4.74 Å². The molecule has 1 aromatic heterocycles. The number of carbonyl (C=O) groups is 1. The number of carbonyl (C=O) groups excluding carboxylic acids is 1. The molecule has 6 nitrogen and oxygen atoms in total. The molecule has 0 bridgehead atoms. The van der Waals surface area contributed by atoms with Gasteiger partial charge in [0.15, 0.2) is 0 Å². The van der Waals surface area contributed by atoms with E-state index in [1.165, 1.54) is 12.4 Å². The number of hydrogen-bond donors (Lipinski definition) is 1. The Kier molecular flexibility index (Phi) is 5.46. The fourth-order valence-corrected chi connectivity index (χ4v) is 2.25. The third-order valence-electron chi connectivity index (χ3n) is 3.52. The number of methoxy groups -OCH3 is 1. The lowest BCUT2D eigenvalue weighted by molar-refractivity contribution is 0.0950. The maximum Gasteiger partial charge on any atom is 0.291 e. The molecule has 0 aliphatic heterocycles. The van der Waals surface area contributed by atoms with Crippen molar-refractivity contribution >= 4 is 12.1 Å². The number of benzene rings is 2. The lowest BCUT2D eigenvalue weighted by Crippen LogP contribution is -2.19. The van der Waals surface area contributed by atoms with Crippen molar-refractivity contribution in [2.75, 3.05) is 7.11 Å². The molecule has 8 heteroatoms. The highest BCUT2D eigenvalue weighted by atomic mass is 19.1. The van der Waals surface area contributed by atoms with Gasteiger partial charge in [0.25, 0.3) is 5.91 Å². The Morgan fingerprint density at radius 2 is 1.81 bits per heavy atom. The summed E-state index contributed by atoms with van der Waals surface area (Å²) < 4.78 is 31.3. The summed E-state index contributed by atoms with van der Waals surface area (Å²) in [5.74, 6) is -1.38. The van der Waals surface area contributed by atoms with Gasteiger partial charge in [0.1, 0.15) is 23.1 Å². The molecule has 0 spiro atoms. The molecule has 0 saturated carbocycles. The SMILES string of the molecule is COc1ccc(-c2cncc(C(=O)N/N=C/c3cc(F)cc(F)c3)n2)cc1. The molecule has 0 aliphatic carbocycles. The van der Waals surface area contributed by atoms with Crippen LogP contribution in [0.15, 0.2) is 60.0 Å². The van der Waals surface area contributed by atoms with E-state index in [1.54, 1.807) is 31.4 Å². The lowest BCUT2D eigenvalue weighted by Gasteiger charge is -2.04. The maximum atomic E-state index is 13.1. The Hall–Kier alpha value is -3.68. The second-order valence-corrected chi connectivity index (χ2v) is 5.42. The Balaban J connectivity index is 1.72. The maximum absolute atomic E-state index is 13.1. The van der Waals surface area contributed by atoms with Crippen LogP contribution in [0.4, 0.5) is 8.78 Å². The number of nitrogens with one attached hydrogen (secondary N) is 1. The number of halogens is 2. The zero-order valence-corrected chi connectivity index (χ0v) is 14.2. The summed E-state index contributed by atoms with van der Waals surface area (Å²) in [4.78, 5) is 20.4. The van der Waals surface area contributed by atoms with Gasteiger partial charge in [-0.15, -0.1) is 0 Å². The Bertz CT molecular complexity index is 971. The average Bonchev–Trinajstić information content (AvgIpc) is 2.67. The molecule has 1 amide bonds. The van der Waals surface area contributed by atoms with Gasteiger partial charge in [0, 0.05) is 17.2 Å². The molecule has 1 heterocycles. The molecule has 2 aromatic carbocycles. The molecule has 0 atom stereocenters. The standard InChI is InChI=1S/C19H14F2N4O2/c1-27-16-4-2-13(3-5-16)17-10-22-11-18(24-17)19(26)25-23-9-12-6-14(20)8-15(21)7-12/h2-11H,1H3,(H,25,26)/b23-9+. The van der Waals surface area contributed by atoms with Crippen LogP contribution in [0.5, 0.6) is 5.75 Å². The van der Waals surface area contributed by atoms with Crippen LogP contribution < -0.4 is 10.2 Å². The van der Waals surface area contributed by atoms with Gasteiger partial charge in [0.05, 0.1) is 31.4 Å². The number of nitrogens with zero attached hydrogens (tertiary/aromatic N) is 3. The van der Waals surface area contributed by atoms with Gasteiger partial charge in [-0.25, -0.2) is 19.2 Å². The first kappa shape index (κ1) is 18.1. The van der Waals surface area contributed by atoms with Crippen molar-refractivity contribution in [1.82, 2.24) is 15.4 Å². The number of ether oxygens (including phenoxy) is 1. The molecule has 0 saturated heterocycles. The fraction of sp³-hybridized carbons (Fsp3) is 0.0526. The largest absolute Gasteiger partial charge is 0.497 e. The minimum Gasteiger partial charge on any atom is -0.497 e. The molecule has 1 N–H and O–H groups in total. The van der Waals surface area contributed by atoms with Gasteiger partial charge in [-0.1, -0.05) is 0 Å². The molecule has 3 rings (SSSR count). The third kappa shape index (κ3) is 4.69. The van der Waals surface area contributed by atoms with Gasteiger partial charge >= 0.3 is 0 Å². The van der Waals surface area contributed by atoms with E-state index in [0.717, 1.165) is 30.0 Å². The molecule has 0 radical (unpaired) electrons. The van der Waals surface area contributed by atoms with Crippen LogP contribution in [-0.4, -0.2) is 29.2 Å². The number of aromatic nitrogens is 2. The highest BCUT2D eigenvalue weighted by Crippen LogP contribution is 2.20. The Labute approximate surface area is 153 Å². The third-order valence-corrected chi connectivity index (χ3v) is 3.52. The Morgan fingerprint density at radius 3 is 2.48 bits per heavy atom. The van der Waals surface area contributed by atoms with Crippen molar-refractivity contribution in [1.29, 1.82) is 0 Å². The van der Waals surface area contributed by atoms with E-state index in [1.807, 2.05) is 0 Å². The van der Waals surface area contributed by atoms with Crippen LogP contribution >= 0.6 is 0 Å². The van der Waals surface area contributed by atoms with Gasteiger partial charge in [-0.3, -0.25) is 9.78 Å². The van der Waals surface area contributed by atoms with Crippen molar-refractivity contribution in [3.63, 3.8) is 0 Å². The second kappa shape index (κ2) is 8.13. The molecule has 0 unspecified atom stereocenters. The number of rotatable bonds is 5. The van der Waals surface area contributed by atoms with Crippen LogP contribution in [0, 0.1) is 11.6 Å². The summed E-state index contributed by atoms with van der Waals surface area (Å²) in [6.45, 7) is 0. The summed E-state index contributed by atoms with van der Waals surface area (Å²) >= 11 is 0. The van der Waals surface area contributed by atoms with Crippen molar-refractivity contribution in [2.24, 2.45) is 5.10 Å². The smallest absolute Gasteiger partial charge is 0.291 e. The predicted molar refractivity (Wildman–Crippen MR) is 95.4 cm³/mol. The highest BCUT2D eigenvalue weighted by Gasteiger charge is 2.09. The molecule has 27 heavy (non-hydrogen) atoms. The van der Waals surface area contributed by atoms with Gasteiger partial charge in [-0.2, -0.15) is 5.10 Å². The first-order valence-corrected chi connectivity index (χ1v) is 7.81. The van der Waals surface area contributed by atoms with Crippen LogP contribution in [0.2, 0.25) is 0 Å². The van der Waals surface area contributed by atoms with E-state index >= 15 is 0 Å². The van der Waals surface area contributed by atoms with E-state index in [9.17, 15) is 13.6 Å². The van der Waals surface area contributed by atoms with Crippen LogP contribution in [0.25, 0.3) is 11.3 Å². The van der Waals surface area contributed by atoms with Crippen LogP contribution in [0.3, 0.4) is 0 Å². The van der Waals surface area contributed by atoms with Gasteiger partial charge in [0.2, 0.25) is 0 Å². The monoisotopic (exact) mass is 368 g/mol. The number of hydrazone groups is 1. The van der Waals surface area contributed by atoms with Crippen molar-refractivity contribution < 1.29 is 18.3 Å². The quantitative estimate of drug-likeness (QED) is 0.554. The van der Waals surface area contributed by atoms with Crippen LogP contribution in [-0.2, 0) is 0 Å². The molecular weight excluding hydrogens is 354 g/mol. The van der Waals surface area contributed by atoms with Crippen molar-refractivity contribution in [2.45, 2.75) is 0 Å². The normalized spacial score (nSPS) is 10.8. The van der Waals surface area contributed by atoms with E-state index in [4.69, 9.17) is 4.74 Å². The van der Waals surface area contributed by atoms with E-state index in [0.29, 0.717) is 11.4 Å². The van der Waals surface area contributed by atoms with E-state index in [2.05, 4.69) is 20.5 Å². The van der Waals surface area contributed by atoms with Crippen LogP contribution in [0.1, 0.15) is 16.1 Å². The number of hydrogen-bond acceptors (Lipinski definition) is 5. The molecular formula is C19H14F2N4O2. The zero-order valence-electron chi connectivity index (χ0n) is 14.2. The summed E-state index contributed by atoms with van der Waals surface area (Å²) in [7, 11) is 1.57. The lowest BCUT2D eigenvalue weighted by atomic mass is 10.1. The summed E-state index contributed by atoms with van der Waals surface area (Å²) in [5, 5.41) is 3.68. The van der Waals surface area contributed by atoms with Crippen molar-refractivity contribution in [3.05, 3.63) is 77.8 Å². The average molecular weight is 368 g/mol. The van der Waals surface area contributed by atoms with E-state index in [-0.39, 0.29) is 11.3 Å². The topological polar surface area (TPSA) is 76.5 Å². The van der Waals surface area contributed by atoms with E-state index < -0.39 is 17.5 Å². The first-order valence-electron chi connectivity index (χ1n) is 7.81. The first-order chi connectivity index (χ1) is 13.0. The number of amides is 1. The molecule has 0 fully saturated rings. The summed E-state index contributed by atoms with van der Waals surface area (Å²) in [6, 6.07) is 10.0. The molecule has 136 valence electrons. The second-order valence-electron chi connectivity index (χ2n) is 5.42. The summed E-state index contributed by atoms with van der Waals surface area (Å²) in [5.41, 5.74) is 3.73. The summed E-state index contributed by atoms with van der Waals surface area (Å²) in [6.07, 6.45) is 3.95. The minimum absolute atomic E-state index is 0.0471.